The number of hydrogen-bond acceptors (Lipinski definition) is 4. The van der Waals surface area contributed by atoms with Crippen LogP contribution >= 0.6 is 0 Å². The van der Waals surface area contributed by atoms with Crippen molar-refractivity contribution in [2.45, 2.75) is 31.9 Å². The number of benzene rings is 1. The first-order chi connectivity index (χ1) is 9.55. The van der Waals surface area contributed by atoms with Gasteiger partial charge in [-0.25, -0.2) is 0 Å². The average molecular weight is 272 g/mol. The number of aromatic amines is 1. The van der Waals surface area contributed by atoms with E-state index in [2.05, 4.69) is 20.7 Å². The van der Waals surface area contributed by atoms with E-state index in [0.717, 1.165) is 11.3 Å². The van der Waals surface area contributed by atoms with Crippen molar-refractivity contribution in [2.75, 3.05) is 0 Å². The fourth-order valence-corrected chi connectivity index (χ4v) is 2.47. The topological polar surface area (TPSA) is 79.9 Å². The zero-order valence-corrected chi connectivity index (χ0v) is 11.4. The molecule has 1 aliphatic rings. The van der Waals surface area contributed by atoms with Gasteiger partial charge < -0.3 is 10.1 Å². The third-order valence-electron chi connectivity index (χ3n) is 3.33. The van der Waals surface area contributed by atoms with Crippen LogP contribution < -0.4 is 10.1 Å². The summed E-state index contributed by atoms with van der Waals surface area (Å²) in [7, 11) is 0. The van der Waals surface area contributed by atoms with Gasteiger partial charge in [-0.3, -0.25) is 4.79 Å². The molecule has 20 heavy (non-hydrogen) atoms. The van der Waals surface area contributed by atoms with E-state index in [0.29, 0.717) is 6.42 Å². The van der Waals surface area contributed by atoms with Gasteiger partial charge in [0, 0.05) is 12.0 Å². The second-order valence-corrected chi connectivity index (χ2v) is 5.48. The lowest BCUT2D eigenvalue weighted by Gasteiger charge is -2.37. The molecule has 3 rings (SSSR count). The van der Waals surface area contributed by atoms with Gasteiger partial charge in [-0.1, -0.05) is 18.2 Å². The van der Waals surface area contributed by atoms with Gasteiger partial charge in [0.25, 0.3) is 5.91 Å². The molecule has 1 aromatic carbocycles. The molecular weight excluding hydrogens is 256 g/mol. The quantitative estimate of drug-likeness (QED) is 0.874. The molecule has 2 heterocycles. The standard InChI is InChI=1S/C14H16N4O2/c1-14(2)7-10(9-5-3-4-6-12(9)20-14)16-13(19)11-8-15-18-17-11/h3-6,8,10H,7H2,1-2H3,(H,16,19)(H,15,17,18)/t10-/m0/s1. The molecule has 1 aliphatic heterocycles. The first-order valence-corrected chi connectivity index (χ1v) is 6.50. The highest BCUT2D eigenvalue weighted by Crippen LogP contribution is 2.39. The largest absolute Gasteiger partial charge is 0.487 e. The van der Waals surface area contributed by atoms with Crippen molar-refractivity contribution in [3.05, 3.63) is 41.7 Å². The lowest BCUT2D eigenvalue weighted by Crippen LogP contribution is -2.41. The number of amides is 1. The Kier molecular flexibility index (Phi) is 2.93. The van der Waals surface area contributed by atoms with Gasteiger partial charge in [-0.15, -0.1) is 0 Å². The number of rotatable bonds is 2. The molecule has 2 aromatic rings. The summed E-state index contributed by atoms with van der Waals surface area (Å²) in [6.45, 7) is 4.02. The number of ether oxygens (including phenoxy) is 1. The molecule has 6 heteroatoms. The van der Waals surface area contributed by atoms with Crippen molar-refractivity contribution in [1.29, 1.82) is 0 Å². The summed E-state index contributed by atoms with van der Waals surface area (Å²) >= 11 is 0. The van der Waals surface area contributed by atoms with Crippen LogP contribution in [0.3, 0.4) is 0 Å². The van der Waals surface area contributed by atoms with Crippen LogP contribution in [0.25, 0.3) is 0 Å². The molecule has 2 N–H and O–H groups in total. The van der Waals surface area contributed by atoms with Gasteiger partial charge in [0.15, 0.2) is 5.69 Å². The van der Waals surface area contributed by atoms with Gasteiger partial charge in [-0.2, -0.15) is 15.4 Å². The highest BCUT2D eigenvalue weighted by Gasteiger charge is 2.34. The molecule has 6 nitrogen and oxygen atoms in total. The van der Waals surface area contributed by atoms with Gasteiger partial charge in [-0.05, 0) is 19.9 Å². The maximum Gasteiger partial charge on any atom is 0.273 e. The van der Waals surface area contributed by atoms with Crippen LogP contribution in [0.2, 0.25) is 0 Å². The summed E-state index contributed by atoms with van der Waals surface area (Å²) < 4.78 is 5.94. The van der Waals surface area contributed by atoms with Crippen molar-refractivity contribution >= 4 is 5.91 Å². The Bertz CT molecular complexity index is 622. The smallest absolute Gasteiger partial charge is 0.273 e. The molecule has 1 atom stereocenters. The second kappa shape index (κ2) is 4.63. The van der Waals surface area contributed by atoms with Gasteiger partial charge >= 0.3 is 0 Å². The molecule has 0 bridgehead atoms. The van der Waals surface area contributed by atoms with E-state index in [1.54, 1.807) is 0 Å². The Labute approximate surface area is 116 Å². The summed E-state index contributed by atoms with van der Waals surface area (Å²) in [5.41, 5.74) is 0.950. The van der Waals surface area contributed by atoms with E-state index in [1.165, 1.54) is 6.20 Å². The molecule has 0 aliphatic carbocycles. The Morgan fingerprint density at radius 1 is 1.45 bits per heavy atom. The molecule has 0 fully saturated rings. The van der Waals surface area contributed by atoms with E-state index in [4.69, 9.17) is 4.74 Å². The van der Waals surface area contributed by atoms with E-state index >= 15 is 0 Å². The average Bonchev–Trinajstić information content (AvgIpc) is 2.91. The number of carbonyl (C=O) groups excluding carboxylic acids is 1. The number of H-pyrrole nitrogens is 1. The summed E-state index contributed by atoms with van der Waals surface area (Å²) in [6, 6.07) is 7.66. The number of carbonyl (C=O) groups is 1. The lowest BCUT2D eigenvalue weighted by atomic mass is 9.89. The fraction of sp³-hybridized carbons (Fsp3) is 0.357. The first kappa shape index (κ1) is 12.7. The lowest BCUT2D eigenvalue weighted by molar-refractivity contribution is 0.0618. The summed E-state index contributed by atoms with van der Waals surface area (Å²) in [4.78, 5) is 12.1. The minimum Gasteiger partial charge on any atom is -0.487 e. The third kappa shape index (κ3) is 2.36. The number of hydrogen-bond donors (Lipinski definition) is 2. The number of fused-ring (bicyclic) bond motifs is 1. The molecule has 0 unspecified atom stereocenters. The monoisotopic (exact) mass is 272 g/mol. The summed E-state index contributed by atoms with van der Waals surface area (Å²) in [5.74, 6) is 0.574. The maximum absolute atomic E-state index is 12.1. The molecule has 0 saturated heterocycles. The number of nitrogens with one attached hydrogen (secondary N) is 2. The molecule has 0 saturated carbocycles. The number of aromatic nitrogens is 3. The zero-order chi connectivity index (χ0) is 14.2. The predicted octanol–water partition coefficient (Wildman–Crippen LogP) is 1.84. The van der Waals surface area contributed by atoms with E-state index in [1.807, 2.05) is 38.1 Å². The number of para-hydroxylation sites is 1. The van der Waals surface area contributed by atoms with Crippen LogP contribution in [-0.2, 0) is 0 Å². The van der Waals surface area contributed by atoms with E-state index in [-0.39, 0.29) is 23.2 Å². The van der Waals surface area contributed by atoms with Gasteiger partial charge in [0.2, 0.25) is 0 Å². The van der Waals surface area contributed by atoms with Crippen LogP contribution in [0.1, 0.15) is 42.4 Å². The Morgan fingerprint density at radius 3 is 3.00 bits per heavy atom. The van der Waals surface area contributed by atoms with Crippen molar-refractivity contribution in [3.8, 4) is 5.75 Å². The minimum absolute atomic E-state index is 0.0980. The SMILES string of the molecule is CC1(C)C[C@H](NC(=O)c2cn[nH]n2)c2ccccc2O1. The Hall–Kier alpha value is -2.37. The molecule has 1 amide bonds. The summed E-state index contributed by atoms with van der Waals surface area (Å²) in [5, 5.41) is 12.9. The Morgan fingerprint density at radius 2 is 2.25 bits per heavy atom. The van der Waals surface area contributed by atoms with Crippen LogP contribution in [-0.4, -0.2) is 26.9 Å². The van der Waals surface area contributed by atoms with Crippen molar-refractivity contribution in [2.24, 2.45) is 0 Å². The van der Waals surface area contributed by atoms with Gasteiger partial charge in [0.1, 0.15) is 11.4 Å². The second-order valence-electron chi connectivity index (χ2n) is 5.48. The maximum atomic E-state index is 12.1. The van der Waals surface area contributed by atoms with Crippen LogP contribution in [0, 0.1) is 0 Å². The van der Waals surface area contributed by atoms with Crippen molar-refractivity contribution in [1.82, 2.24) is 20.7 Å². The summed E-state index contributed by atoms with van der Waals surface area (Å²) in [6.07, 6.45) is 2.11. The van der Waals surface area contributed by atoms with Crippen LogP contribution in [0.5, 0.6) is 5.75 Å². The highest BCUT2D eigenvalue weighted by molar-refractivity contribution is 5.92. The normalized spacial score (nSPS) is 19.8. The van der Waals surface area contributed by atoms with Gasteiger partial charge in [0.05, 0.1) is 12.2 Å². The molecule has 0 radical (unpaired) electrons. The number of nitrogens with zero attached hydrogens (tertiary/aromatic N) is 2. The predicted molar refractivity (Wildman–Crippen MR) is 72.4 cm³/mol. The van der Waals surface area contributed by atoms with E-state index in [9.17, 15) is 4.79 Å². The molecule has 1 aromatic heterocycles. The molecule has 104 valence electrons. The van der Waals surface area contributed by atoms with Crippen molar-refractivity contribution < 1.29 is 9.53 Å². The zero-order valence-electron chi connectivity index (χ0n) is 11.4. The van der Waals surface area contributed by atoms with Crippen LogP contribution in [0.15, 0.2) is 30.5 Å². The van der Waals surface area contributed by atoms with E-state index < -0.39 is 0 Å². The Balaban J connectivity index is 1.87. The van der Waals surface area contributed by atoms with Crippen molar-refractivity contribution in [3.63, 3.8) is 0 Å². The molecular formula is C14H16N4O2. The first-order valence-electron chi connectivity index (χ1n) is 6.50. The fourth-order valence-electron chi connectivity index (χ4n) is 2.47. The highest BCUT2D eigenvalue weighted by atomic mass is 16.5. The van der Waals surface area contributed by atoms with Crippen LogP contribution in [0.4, 0.5) is 0 Å². The minimum atomic E-state index is -0.323. The molecule has 0 spiro atoms. The third-order valence-corrected chi connectivity index (χ3v) is 3.33.